The molecule has 0 radical (unpaired) electrons. The molecule has 0 saturated carbocycles. The predicted octanol–water partition coefficient (Wildman–Crippen LogP) is 1.82. The molecule has 14 nitrogen and oxygen atoms in total. The molecule has 0 aliphatic carbocycles. The summed E-state index contributed by atoms with van der Waals surface area (Å²) >= 11 is 1.14. The zero-order valence-electron chi connectivity index (χ0n) is 23.8. The molecule has 0 bridgehead atoms. The highest BCUT2D eigenvalue weighted by Gasteiger charge is 2.38. The lowest BCUT2D eigenvalue weighted by Crippen LogP contribution is -2.51. The monoisotopic (exact) mass is 679 g/mol. The van der Waals surface area contributed by atoms with Crippen molar-refractivity contribution < 1.29 is 55.7 Å². The number of esters is 1. The van der Waals surface area contributed by atoms with Gasteiger partial charge in [-0.05, 0) is 29.8 Å². The van der Waals surface area contributed by atoms with Crippen LogP contribution in [0.2, 0.25) is 0 Å². The minimum absolute atomic E-state index is 0.0315. The Balaban J connectivity index is 0.00000129. The summed E-state index contributed by atoms with van der Waals surface area (Å²) in [7, 11) is -3.62. The van der Waals surface area contributed by atoms with Crippen molar-refractivity contribution in [3.63, 3.8) is 0 Å². The van der Waals surface area contributed by atoms with E-state index in [2.05, 4.69) is 20.9 Å². The Bertz CT molecular complexity index is 1400. The Labute approximate surface area is 260 Å². The van der Waals surface area contributed by atoms with E-state index in [-0.39, 0.29) is 23.3 Å². The highest BCUT2D eigenvalue weighted by molar-refractivity contribution is 7.99. The van der Waals surface area contributed by atoms with E-state index < -0.39 is 64.9 Å². The first kappa shape index (κ1) is 39.0. The normalized spacial score (nSPS) is 12.8. The average molecular weight is 680 g/mol. The number of nitrogens with one attached hydrogen (secondary N) is 2. The number of carbonyl (C=O) groups excluding carboxylic acids is 3. The summed E-state index contributed by atoms with van der Waals surface area (Å²) in [5, 5.41) is 29.3. The second kappa shape index (κ2) is 19.3. The first-order chi connectivity index (χ1) is 21.0. The number of carboxylic acid groups (broad SMARTS) is 1. The number of halogens is 3. The van der Waals surface area contributed by atoms with Gasteiger partial charge in [-0.15, -0.1) is 11.8 Å². The second-order valence-electron chi connectivity index (χ2n) is 8.86. The lowest BCUT2D eigenvalue weighted by atomic mass is 10.2. The predicted molar refractivity (Wildman–Crippen MR) is 157 cm³/mol. The number of thioether (sulfide) groups is 1. The first-order valence-electron chi connectivity index (χ1n) is 12.8. The van der Waals surface area contributed by atoms with Gasteiger partial charge in [-0.3, -0.25) is 9.59 Å². The number of aliphatic hydroxyl groups excluding tert-OH is 1. The average Bonchev–Trinajstić information content (AvgIpc) is 2.97. The topological polar surface area (TPSA) is 227 Å². The van der Waals surface area contributed by atoms with E-state index in [1.807, 2.05) is 30.3 Å². The number of carbonyl (C=O) groups is 4. The largest absolute Gasteiger partial charge is 0.490 e. The number of nitrogens with zero attached hydrogens (tertiary/aromatic N) is 2. The quantitative estimate of drug-likeness (QED) is 0.0790. The van der Waals surface area contributed by atoms with E-state index in [1.165, 1.54) is 6.92 Å². The molecule has 6 N–H and O–H groups in total. The Kier molecular flexibility index (Phi) is 16.7. The molecule has 0 aromatic heterocycles. The molecule has 2 amide bonds. The van der Waals surface area contributed by atoms with Crippen LogP contribution in [0.15, 0.2) is 64.8 Å². The fourth-order valence-electron chi connectivity index (χ4n) is 2.82. The molecule has 19 heteroatoms. The van der Waals surface area contributed by atoms with Gasteiger partial charge >= 0.3 is 18.1 Å². The number of ether oxygens (including phenoxy) is 1. The van der Waals surface area contributed by atoms with E-state index in [1.54, 1.807) is 24.3 Å². The van der Waals surface area contributed by atoms with Crippen LogP contribution in [-0.4, -0.2) is 91.2 Å². The van der Waals surface area contributed by atoms with Crippen LogP contribution in [-0.2, 0) is 39.5 Å². The van der Waals surface area contributed by atoms with Gasteiger partial charge in [-0.2, -0.15) is 23.4 Å². The summed E-state index contributed by atoms with van der Waals surface area (Å²) in [6.07, 6.45) is -5.08. The zero-order chi connectivity index (χ0) is 34.0. The second-order valence-corrected chi connectivity index (χ2v) is 12.1. The summed E-state index contributed by atoms with van der Waals surface area (Å²) in [6, 6.07) is 13.3. The minimum Gasteiger partial charge on any atom is -0.475 e. The van der Waals surface area contributed by atoms with Gasteiger partial charge in [0.1, 0.15) is 18.7 Å². The number of azo groups is 1. The van der Waals surface area contributed by atoms with Gasteiger partial charge in [-0.25, -0.2) is 18.0 Å². The number of carboxylic acids is 1. The Hall–Kier alpha value is -4.07. The summed E-state index contributed by atoms with van der Waals surface area (Å²) in [5.41, 5.74) is 7.27. The molecule has 0 saturated heterocycles. The molecular formula is C26H32F3N5O9S2. The molecular weight excluding hydrogens is 647 g/mol. The fourth-order valence-corrected chi connectivity index (χ4v) is 4.88. The van der Waals surface area contributed by atoms with E-state index >= 15 is 0 Å². The van der Waals surface area contributed by atoms with Crippen molar-refractivity contribution in [3.8, 4) is 0 Å². The number of hydrogen-bond donors (Lipinski definition) is 5. The number of aliphatic hydroxyl groups is 1. The number of aliphatic carboxylic acids is 1. The fraction of sp³-hybridized carbons (Fsp3) is 0.385. The maximum Gasteiger partial charge on any atom is 0.490 e. The number of nitrogens with two attached hydrogens (primary N) is 1. The van der Waals surface area contributed by atoms with Crippen molar-refractivity contribution in [1.29, 1.82) is 0 Å². The van der Waals surface area contributed by atoms with Crippen LogP contribution in [0, 0.1) is 0 Å². The highest BCUT2D eigenvalue weighted by Crippen LogP contribution is 2.19. The lowest BCUT2D eigenvalue weighted by Gasteiger charge is -2.19. The third kappa shape index (κ3) is 17.1. The molecule has 0 heterocycles. The minimum atomic E-state index is -5.08. The third-order valence-electron chi connectivity index (χ3n) is 5.08. The van der Waals surface area contributed by atoms with Gasteiger partial charge in [0, 0.05) is 12.7 Å². The molecule has 0 aliphatic heterocycles. The van der Waals surface area contributed by atoms with Crippen molar-refractivity contribution in [2.24, 2.45) is 16.0 Å². The summed E-state index contributed by atoms with van der Waals surface area (Å²) < 4.78 is 61.9. The van der Waals surface area contributed by atoms with Crippen molar-refractivity contribution >= 4 is 56.7 Å². The van der Waals surface area contributed by atoms with E-state index in [4.69, 9.17) is 25.5 Å². The maximum absolute atomic E-state index is 12.5. The molecule has 2 rings (SSSR count). The van der Waals surface area contributed by atoms with Crippen molar-refractivity contribution in [3.05, 3.63) is 60.2 Å². The number of alkyl halides is 3. The van der Waals surface area contributed by atoms with Crippen molar-refractivity contribution in [2.75, 3.05) is 30.6 Å². The van der Waals surface area contributed by atoms with Gasteiger partial charge < -0.3 is 31.3 Å². The molecule has 2 aromatic rings. The molecule has 2 atom stereocenters. The van der Waals surface area contributed by atoms with Gasteiger partial charge in [0.2, 0.25) is 11.8 Å². The van der Waals surface area contributed by atoms with E-state index in [9.17, 15) is 36.0 Å². The molecule has 45 heavy (non-hydrogen) atoms. The van der Waals surface area contributed by atoms with E-state index in [0.717, 1.165) is 11.8 Å². The van der Waals surface area contributed by atoms with Crippen LogP contribution in [0.5, 0.6) is 0 Å². The van der Waals surface area contributed by atoms with Crippen LogP contribution in [0.25, 0.3) is 0 Å². The molecule has 2 aromatic carbocycles. The van der Waals surface area contributed by atoms with Crippen LogP contribution in [0.1, 0.15) is 12.5 Å². The van der Waals surface area contributed by atoms with Crippen LogP contribution in [0.4, 0.5) is 24.5 Å². The van der Waals surface area contributed by atoms with E-state index in [0.29, 0.717) is 16.9 Å². The number of amides is 2. The number of benzene rings is 2. The van der Waals surface area contributed by atoms with Crippen LogP contribution < -0.4 is 16.4 Å². The molecule has 0 fully saturated rings. The maximum atomic E-state index is 12.5. The lowest BCUT2D eigenvalue weighted by molar-refractivity contribution is -0.192. The Morgan fingerprint density at radius 3 is 2.09 bits per heavy atom. The summed E-state index contributed by atoms with van der Waals surface area (Å²) in [4.78, 5) is 44.4. The number of sulfone groups is 1. The standard InChI is InChI=1S/C24H31N5O7S2.C2HF3O2/c1-17(31)26-16-37-14-22(27-23(32)21(25)13-30)24(33)36-11-12-38(34,35)15-18-7-9-20(10-8-18)29-28-19-5-3-2-4-6-19;3-2(4,5)1(6)7/h2-10,21-22,30H,11-16,25H2,1H3,(H,26,31)(H,27,32);(H,6,7)/t21-,22-;/m0./s1. The third-order valence-corrected chi connectivity index (χ3v) is 7.56. The highest BCUT2D eigenvalue weighted by atomic mass is 32.2. The molecule has 0 aliphatic rings. The van der Waals surface area contributed by atoms with Gasteiger partial charge in [0.25, 0.3) is 0 Å². The molecule has 248 valence electrons. The number of rotatable bonds is 15. The molecule has 0 unspecified atom stereocenters. The zero-order valence-corrected chi connectivity index (χ0v) is 25.4. The van der Waals surface area contributed by atoms with Gasteiger partial charge in [0.15, 0.2) is 9.84 Å². The Morgan fingerprint density at radius 1 is 1.02 bits per heavy atom. The van der Waals surface area contributed by atoms with Gasteiger partial charge in [0.05, 0.1) is 35.4 Å². The van der Waals surface area contributed by atoms with Crippen LogP contribution in [0.3, 0.4) is 0 Å². The number of hydrogen-bond acceptors (Lipinski definition) is 12. The summed E-state index contributed by atoms with van der Waals surface area (Å²) in [6.45, 7) is 0.293. The van der Waals surface area contributed by atoms with Gasteiger partial charge in [-0.1, -0.05) is 30.3 Å². The van der Waals surface area contributed by atoms with Crippen molar-refractivity contribution in [1.82, 2.24) is 10.6 Å². The molecule has 0 spiro atoms. The summed E-state index contributed by atoms with van der Waals surface area (Å²) in [5.74, 6) is -5.13. The SMILES string of the molecule is CC(=O)NCSC[C@H](NC(=O)[C@@H](N)CO)C(=O)OCCS(=O)(=O)Cc1ccc(N=Nc2ccccc2)cc1.O=C(O)C(F)(F)F. The Morgan fingerprint density at radius 2 is 1.58 bits per heavy atom. The van der Waals surface area contributed by atoms with Crippen molar-refractivity contribution in [2.45, 2.75) is 30.9 Å². The smallest absolute Gasteiger partial charge is 0.475 e. The first-order valence-corrected chi connectivity index (χ1v) is 15.7. The van der Waals surface area contributed by atoms with Crippen LogP contribution >= 0.6 is 11.8 Å².